The normalized spacial score (nSPS) is 20.1. The molecular formula is C10H14N2O3. The van der Waals surface area contributed by atoms with Gasteiger partial charge >= 0.3 is 5.97 Å². The van der Waals surface area contributed by atoms with E-state index in [4.69, 9.17) is 4.42 Å². The second kappa shape index (κ2) is 3.66. The Morgan fingerprint density at radius 3 is 2.73 bits per heavy atom. The second-order valence-corrected chi connectivity index (χ2v) is 3.90. The van der Waals surface area contributed by atoms with Gasteiger partial charge in [0.05, 0.1) is 5.69 Å². The quantitative estimate of drug-likeness (QED) is 0.751. The molecule has 0 aromatic carbocycles. The van der Waals surface area contributed by atoms with Crippen molar-refractivity contribution in [3.8, 4) is 0 Å². The van der Waals surface area contributed by atoms with E-state index in [1.165, 1.54) is 6.39 Å². The molecule has 1 aliphatic heterocycles. The van der Waals surface area contributed by atoms with Crippen LogP contribution in [0.2, 0.25) is 0 Å². The number of aliphatic carboxylic acids is 1. The molecular weight excluding hydrogens is 196 g/mol. The van der Waals surface area contributed by atoms with E-state index in [1.54, 1.807) is 6.92 Å². The lowest BCUT2D eigenvalue weighted by Gasteiger charge is -2.31. The van der Waals surface area contributed by atoms with Gasteiger partial charge in [0.15, 0.2) is 6.39 Å². The summed E-state index contributed by atoms with van der Waals surface area (Å²) in [5.41, 5.74) is -0.203. The van der Waals surface area contributed by atoms with Crippen LogP contribution in [0.4, 0.5) is 0 Å². The van der Waals surface area contributed by atoms with Crippen molar-refractivity contribution < 1.29 is 14.3 Å². The first-order valence-corrected chi connectivity index (χ1v) is 5.01. The number of hydrogen-bond donors (Lipinski definition) is 2. The third-order valence-electron chi connectivity index (χ3n) is 3.05. The summed E-state index contributed by atoms with van der Waals surface area (Å²) < 4.78 is 5.25. The number of aromatic nitrogens is 1. The van der Waals surface area contributed by atoms with Crippen molar-refractivity contribution in [2.45, 2.75) is 25.2 Å². The summed E-state index contributed by atoms with van der Waals surface area (Å²) in [5, 5.41) is 12.5. The highest BCUT2D eigenvalue weighted by molar-refractivity contribution is 5.81. The van der Waals surface area contributed by atoms with Gasteiger partial charge in [0.25, 0.3) is 0 Å². The number of piperidine rings is 1. The number of hydrogen-bond acceptors (Lipinski definition) is 4. The zero-order valence-corrected chi connectivity index (χ0v) is 8.62. The van der Waals surface area contributed by atoms with Gasteiger partial charge in [-0.15, -0.1) is 0 Å². The number of carbonyl (C=O) groups is 1. The van der Waals surface area contributed by atoms with E-state index < -0.39 is 11.4 Å². The SMILES string of the molecule is Cc1ncoc1C1(C(=O)O)CCNCC1. The highest BCUT2D eigenvalue weighted by Crippen LogP contribution is 2.35. The first-order valence-electron chi connectivity index (χ1n) is 5.01. The Morgan fingerprint density at radius 2 is 2.27 bits per heavy atom. The summed E-state index contributed by atoms with van der Waals surface area (Å²) in [4.78, 5) is 15.4. The highest BCUT2D eigenvalue weighted by atomic mass is 16.4. The van der Waals surface area contributed by atoms with Gasteiger partial charge in [0, 0.05) is 0 Å². The zero-order chi connectivity index (χ0) is 10.9. The third-order valence-corrected chi connectivity index (χ3v) is 3.05. The number of rotatable bonds is 2. The van der Waals surface area contributed by atoms with E-state index >= 15 is 0 Å². The van der Waals surface area contributed by atoms with E-state index in [2.05, 4.69) is 10.3 Å². The van der Waals surface area contributed by atoms with Crippen molar-refractivity contribution in [2.75, 3.05) is 13.1 Å². The van der Waals surface area contributed by atoms with E-state index in [0.717, 1.165) is 0 Å². The molecule has 82 valence electrons. The number of carboxylic acid groups (broad SMARTS) is 1. The molecule has 0 spiro atoms. The summed E-state index contributed by atoms with van der Waals surface area (Å²) in [6.07, 6.45) is 2.42. The molecule has 0 atom stereocenters. The van der Waals surface area contributed by atoms with Crippen LogP contribution >= 0.6 is 0 Å². The molecule has 5 heteroatoms. The van der Waals surface area contributed by atoms with Gasteiger partial charge in [0.1, 0.15) is 11.2 Å². The van der Waals surface area contributed by atoms with Gasteiger partial charge in [-0.1, -0.05) is 0 Å². The Labute approximate surface area is 87.5 Å². The van der Waals surface area contributed by atoms with Crippen molar-refractivity contribution >= 4 is 5.97 Å². The lowest BCUT2D eigenvalue weighted by molar-refractivity contribution is -0.145. The molecule has 1 aliphatic rings. The smallest absolute Gasteiger partial charge is 0.317 e. The molecule has 2 N–H and O–H groups in total. The first-order chi connectivity index (χ1) is 7.17. The van der Waals surface area contributed by atoms with Crippen molar-refractivity contribution in [3.63, 3.8) is 0 Å². The van der Waals surface area contributed by atoms with Gasteiger partial charge in [0.2, 0.25) is 0 Å². The van der Waals surface area contributed by atoms with Gasteiger partial charge < -0.3 is 14.8 Å². The Kier molecular flexibility index (Phi) is 2.48. The maximum absolute atomic E-state index is 11.4. The van der Waals surface area contributed by atoms with Crippen molar-refractivity contribution in [3.05, 3.63) is 17.8 Å². The Balaban J connectivity index is 2.42. The highest BCUT2D eigenvalue weighted by Gasteiger charge is 2.45. The zero-order valence-electron chi connectivity index (χ0n) is 8.62. The number of oxazole rings is 1. The first kappa shape index (κ1) is 10.2. The molecule has 0 amide bonds. The van der Waals surface area contributed by atoms with Crippen LogP contribution in [-0.2, 0) is 10.2 Å². The molecule has 2 heterocycles. The Hall–Kier alpha value is -1.36. The van der Waals surface area contributed by atoms with Crippen LogP contribution < -0.4 is 5.32 Å². The predicted octanol–water partition coefficient (Wildman–Crippen LogP) is 0.689. The maximum atomic E-state index is 11.4. The summed E-state index contributed by atoms with van der Waals surface area (Å²) in [6, 6.07) is 0. The lowest BCUT2D eigenvalue weighted by Crippen LogP contribution is -2.45. The van der Waals surface area contributed by atoms with E-state index in [9.17, 15) is 9.90 Å². The fourth-order valence-electron chi connectivity index (χ4n) is 2.15. The summed E-state index contributed by atoms with van der Waals surface area (Å²) in [5.74, 6) is -0.305. The Bertz CT molecular complexity index is 366. The molecule has 0 aliphatic carbocycles. The van der Waals surface area contributed by atoms with Crippen LogP contribution in [0, 0.1) is 6.92 Å². The van der Waals surface area contributed by atoms with Crippen molar-refractivity contribution in [2.24, 2.45) is 0 Å². The fourth-order valence-corrected chi connectivity index (χ4v) is 2.15. The lowest BCUT2D eigenvalue weighted by atomic mass is 9.76. The van der Waals surface area contributed by atoms with Gasteiger partial charge in [-0.25, -0.2) is 4.98 Å². The largest absolute Gasteiger partial charge is 0.480 e. The average Bonchev–Trinajstić information content (AvgIpc) is 2.66. The van der Waals surface area contributed by atoms with Gasteiger partial charge in [-0.3, -0.25) is 4.79 Å². The molecule has 0 unspecified atom stereocenters. The van der Waals surface area contributed by atoms with Crippen LogP contribution in [0.25, 0.3) is 0 Å². The number of nitrogens with zero attached hydrogens (tertiary/aromatic N) is 1. The van der Waals surface area contributed by atoms with Crippen molar-refractivity contribution in [1.82, 2.24) is 10.3 Å². The van der Waals surface area contributed by atoms with E-state index in [-0.39, 0.29) is 0 Å². The monoisotopic (exact) mass is 210 g/mol. The van der Waals surface area contributed by atoms with Crippen LogP contribution in [0.15, 0.2) is 10.8 Å². The molecule has 1 aromatic rings. The van der Waals surface area contributed by atoms with Crippen LogP contribution in [-0.4, -0.2) is 29.1 Å². The molecule has 1 aromatic heterocycles. The van der Waals surface area contributed by atoms with Crippen LogP contribution in [0.1, 0.15) is 24.3 Å². The average molecular weight is 210 g/mol. The standard InChI is InChI=1S/C10H14N2O3/c1-7-8(15-6-12-7)10(9(13)14)2-4-11-5-3-10/h6,11H,2-5H2,1H3,(H,13,14). The number of nitrogens with one attached hydrogen (secondary N) is 1. The third kappa shape index (κ3) is 1.52. The minimum atomic E-state index is -0.883. The minimum absolute atomic E-state index is 0.511. The van der Waals surface area contributed by atoms with Crippen molar-refractivity contribution in [1.29, 1.82) is 0 Å². The summed E-state index contributed by atoms with van der Waals surface area (Å²) >= 11 is 0. The summed E-state index contributed by atoms with van der Waals surface area (Å²) in [6.45, 7) is 3.18. The molecule has 5 nitrogen and oxygen atoms in total. The fraction of sp³-hybridized carbons (Fsp3) is 0.600. The molecule has 1 saturated heterocycles. The maximum Gasteiger partial charge on any atom is 0.317 e. The predicted molar refractivity (Wildman–Crippen MR) is 52.7 cm³/mol. The molecule has 2 rings (SSSR count). The van der Waals surface area contributed by atoms with Gasteiger partial charge in [-0.05, 0) is 32.9 Å². The number of aryl methyl sites for hydroxylation is 1. The molecule has 0 bridgehead atoms. The second-order valence-electron chi connectivity index (χ2n) is 3.90. The summed E-state index contributed by atoms with van der Waals surface area (Å²) in [7, 11) is 0. The van der Waals surface area contributed by atoms with Crippen LogP contribution in [0.3, 0.4) is 0 Å². The molecule has 1 fully saturated rings. The molecule has 0 radical (unpaired) electrons. The van der Waals surface area contributed by atoms with E-state index in [1.807, 2.05) is 0 Å². The van der Waals surface area contributed by atoms with Crippen LogP contribution in [0.5, 0.6) is 0 Å². The van der Waals surface area contributed by atoms with E-state index in [0.29, 0.717) is 37.4 Å². The molecule has 0 saturated carbocycles. The molecule has 15 heavy (non-hydrogen) atoms. The number of carboxylic acids is 1. The Morgan fingerprint density at radius 1 is 1.60 bits per heavy atom. The minimum Gasteiger partial charge on any atom is -0.480 e. The van der Waals surface area contributed by atoms with Gasteiger partial charge in [-0.2, -0.15) is 0 Å². The topological polar surface area (TPSA) is 75.4 Å².